The maximum absolute atomic E-state index is 11.8. The first-order valence-electron chi connectivity index (χ1n) is 7.88. The summed E-state index contributed by atoms with van der Waals surface area (Å²) in [5, 5.41) is 13.7. The standard InChI is InChI=1S/C17H20BrN3O3/c1-17(2,3)13-9-8-12(21(13)16(22)23)15-19-14(20-24-15)10-4-6-11(18)7-5-10/h4-7,12-13H,8-9H2,1-3H3,(H,22,23). The van der Waals surface area contributed by atoms with Crippen molar-refractivity contribution in [3.8, 4) is 11.4 Å². The Kier molecular flexibility index (Phi) is 4.38. The van der Waals surface area contributed by atoms with Gasteiger partial charge in [-0.1, -0.05) is 41.9 Å². The fraction of sp³-hybridized carbons (Fsp3) is 0.471. The maximum atomic E-state index is 11.8. The summed E-state index contributed by atoms with van der Waals surface area (Å²) in [5.74, 6) is 0.837. The van der Waals surface area contributed by atoms with Crippen LogP contribution in [0.2, 0.25) is 0 Å². The summed E-state index contributed by atoms with van der Waals surface area (Å²) >= 11 is 3.39. The summed E-state index contributed by atoms with van der Waals surface area (Å²) in [6.07, 6.45) is 0.535. The molecule has 1 saturated heterocycles. The van der Waals surface area contributed by atoms with E-state index in [2.05, 4.69) is 46.8 Å². The number of rotatable bonds is 2. The van der Waals surface area contributed by atoms with Gasteiger partial charge in [0.05, 0.1) is 0 Å². The van der Waals surface area contributed by atoms with Crippen LogP contribution in [0, 0.1) is 5.41 Å². The van der Waals surface area contributed by atoms with Crippen molar-refractivity contribution in [2.24, 2.45) is 5.41 Å². The molecule has 1 amide bonds. The van der Waals surface area contributed by atoms with Gasteiger partial charge >= 0.3 is 6.09 Å². The molecular formula is C17H20BrN3O3. The molecular weight excluding hydrogens is 374 g/mol. The van der Waals surface area contributed by atoms with Crippen LogP contribution in [0.4, 0.5) is 4.79 Å². The van der Waals surface area contributed by atoms with Gasteiger partial charge in [0.25, 0.3) is 0 Å². The lowest BCUT2D eigenvalue weighted by Gasteiger charge is -2.35. The quantitative estimate of drug-likeness (QED) is 0.797. The van der Waals surface area contributed by atoms with E-state index in [1.165, 1.54) is 4.90 Å². The number of hydrogen-bond acceptors (Lipinski definition) is 4. The van der Waals surface area contributed by atoms with Crippen molar-refractivity contribution in [3.05, 3.63) is 34.6 Å². The van der Waals surface area contributed by atoms with E-state index >= 15 is 0 Å². The number of carboxylic acid groups (broad SMARTS) is 1. The van der Waals surface area contributed by atoms with E-state index in [1.807, 2.05) is 24.3 Å². The molecule has 1 aromatic heterocycles. The Morgan fingerprint density at radius 2 is 1.96 bits per heavy atom. The van der Waals surface area contributed by atoms with Crippen LogP contribution in [0.5, 0.6) is 0 Å². The van der Waals surface area contributed by atoms with Gasteiger partial charge in [-0.05, 0) is 42.5 Å². The van der Waals surface area contributed by atoms with Crippen LogP contribution < -0.4 is 0 Å². The van der Waals surface area contributed by atoms with E-state index in [-0.39, 0.29) is 17.5 Å². The number of aromatic nitrogens is 2. The Hall–Kier alpha value is -1.89. The van der Waals surface area contributed by atoms with E-state index in [0.29, 0.717) is 18.1 Å². The number of amides is 1. The van der Waals surface area contributed by atoms with Crippen LogP contribution in [0.15, 0.2) is 33.3 Å². The summed E-state index contributed by atoms with van der Waals surface area (Å²) in [7, 11) is 0. The van der Waals surface area contributed by atoms with E-state index < -0.39 is 6.09 Å². The zero-order chi connectivity index (χ0) is 17.5. The summed E-state index contributed by atoms with van der Waals surface area (Å²) in [5.41, 5.74) is 0.697. The fourth-order valence-corrected chi connectivity index (χ4v) is 3.52. The van der Waals surface area contributed by atoms with E-state index in [4.69, 9.17) is 4.52 Å². The number of likely N-dealkylation sites (tertiary alicyclic amines) is 1. The van der Waals surface area contributed by atoms with Crippen LogP contribution >= 0.6 is 15.9 Å². The topological polar surface area (TPSA) is 79.5 Å². The predicted octanol–water partition coefficient (Wildman–Crippen LogP) is 4.73. The van der Waals surface area contributed by atoms with Crippen molar-refractivity contribution in [2.45, 2.75) is 45.7 Å². The molecule has 1 fully saturated rings. The summed E-state index contributed by atoms with van der Waals surface area (Å²) in [6.45, 7) is 6.16. The van der Waals surface area contributed by atoms with E-state index in [9.17, 15) is 9.90 Å². The van der Waals surface area contributed by atoms with Crippen molar-refractivity contribution in [3.63, 3.8) is 0 Å². The van der Waals surface area contributed by atoms with Gasteiger partial charge in [-0.2, -0.15) is 4.98 Å². The summed E-state index contributed by atoms with van der Waals surface area (Å²) < 4.78 is 6.37. The molecule has 0 spiro atoms. The molecule has 7 heteroatoms. The predicted molar refractivity (Wildman–Crippen MR) is 92.5 cm³/mol. The number of nitrogens with zero attached hydrogens (tertiary/aromatic N) is 3. The lowest BCUT2D eigenvalue weighted by Crippen LogP contribution is -2.43. The molecule has 0 aliphatic carbocycles. The van der Waals surface area contributed by atoms with Crippen LogP contribution in [0.1, 0.15) is 45.5 Å². The zero-order valence-electron chi connectivity index (χ0n) is 13.9. The molecule has 0 radical (unpaired) electrons. The van der Waals surface area contributed by atoms with Crippen LogP contribution in [-0.4, -0.2) is 32.3 Å². The third-order valence-electron chi connectivity index (χ3n) is 4.43. The minimum atomic E-state index is -0.944. The van der Waals surface area contributed by atoms with Crippen molar-refractivity contribution >= 4 is 22.0 Å². The zero-order valence-corrected chi connectivity index (χ0v) is 15.4. The SMILES string of the molecule is CC(C)(C)C1CCC(c2nc(-c3ccc(Br)cc3)no2)N1C(=O)O. The van der Waals surface area contributed by atoms with Crippen LogP contribution in [0.3, 0.4) is 0 Å². The molecule has 1 N–H and O–H groups in total. The monoisotopic (exact) mass is 393 g/mol. The van der Waals surface area contributed by atoms with Crippen LogP contribution in [-0.2, 0) is 0 Å². The first-order chi connectivity index (χ1) is 11.3. The molecule has 2 unspecified atom stereocenters. The fourth-order valence-electron chi connectivity index (χ4n) is 3.26. The molecule has 1 aromatic carbocycles. The molecule has 0 saturated carbocycles. The number of halogens is 1. The third-order valence-corrected chi connectivity index (χ3v) is 4.96. The highest BCUT2D eigenvalue weighted by molar-refractivity contribution is 9.10. The van der Waals surface area contributed by atoms with Gasteiger partial charge in [0.15, 0.2) is 0 Å². The lowest BCUT2D eigenvalue weighted by atomic mass is 9.85. The molecule has 0 bridgehead atoms. The first-order valence-corrected chi connectivity index (χ1v) is 8.67. The largest absolute Gasteiger partial charge is 0.465 e. The Bertz CT molecular complexity index is 736. The molecule has 3 rings (SSSR count). The Labute approximate surface area is 149 Å². The highest BCUT2D eigenvalue weighted by Gasteiger charge is 2.45. The summed E-state index contributed by atoms with van der Waals surface area (Å²) in [6, 6.07) is 7.13. The van der Waals surface area contributed by atoms with Gasteiger partial charge in [0.2, 0.25) is 11.7 Å². The van der Waals surface area contributed by atoms with E-state index in [0.717, 1.165) is 16.5 Å². The molecule has 128 valence electrons. The maximum Gasteiger partial charge on any atom is 0.408 e. The molecule has 2 heterocycles. The molecule has 6 nitrogen and oxygen atoms in total. The van der Waals surface area contributed by atoms with Crippen molar-refractivity contribution in [1.82, 2.24) is 15.0 Å². The minimum Gasteiger partial charge on any atom is -0.465 e. The second-order valence-electron chi connectivity index (χ2n) is 7.13. The minimum absolute atomic E-state index is 0.0666. The molecule has 1 aliphatic rings. The highest BCUT2D eigenvalue weighted by Crippen LogP contribution is 2.42. The second-order valence-corrected chi connectivity index (χ2v) is 8.04. The van der Waals surface area contributed by atoms with Gasteiger partial charge in [0, 0.05) is 16.1 Å². The Balaban J connectivity index is 1.89. The summed E-state index contributed by atoms with van der Waals surface area (Å²) in [4.78, 5) is 17.7. The van der Waals surface area contributed by atoms with Gasteiger partial charge in [-0.15, -0.1) is 0 Å². The molecule has 2 atom stereocenters. The van der Waals surface area contributed by atoms with Gasteiger partial charge in [-0.25, -0.2) is 4.79 Å². The van der Waals surface area contributed by atoms with Crippen molar-refractivity contribution < 1.29 is 14.4 Å². The van der Waals surface area contributed by atoms with Gasteiger partial charge in [-0.3, -0.25) is 4.90 Å². The smallest absolute Gasteiger partial charge is 0.408 e. The Morgan fingerprint density at radius 3 is 2.54 bits per heavy atom. The number of hydrogen-bond donors (Lipinski definition) is 1. The number of carbonyl (C=O) groups is 1. The molecule has 24 heavy (non-hydrogen) atoms. The van der Waals surface area contributed by atoms with E-state index in [1.54, 1.807) is 0 Å². The second kappa shape index (κ2) is 6.20. The van der Waals surface area contributed by atoms with Gasteiger partial charge in [0.1, 0.15) is 6.04 Å². The van der Waals surface area contributed by atoms with Crippen molar-refractivity contribution in [1.29, 1.82) is 0 Å². The lowest BCUT2D eigenvalue weighted by molar-refractivity contribution is 0.0787. The normalized spacial score (nSPS) is 21.2. The third kappa shape index (κ3) is 3.17. The first kappa shape index (κ1) is 17.0. The highest BCUT2D eigenvalue weighted by atomic mass is 79.9. The molecule has 2 aromatic rings. The van der Waals surface area contributed by atoms with Gasteiger partial charge < -0.3 is 9.63 Å². The number of benzene rings is 1. The molecule has 1 aliphatic heterocycles. The Morgan fingerprint density at radius 1 is 1.29 bits per heavy atom. The average molecular weight is 394 g/mol. The average Bonchev–Trinajstić information content (AvgIpc) is 3.14. The van der Waals surface area contributed by atoms with Crippen LogP contribution in [0.25, 0.3) is 11.4 Å². The van der Waals surface area contributed by atoms with Crippen molar-refractivity contribution in [2.75, 3.05) is 0 Å².